The number of hydrogen-bond donors (Lipinski definition) is 3. The first kappa shape index (κ1) is 16.3. The molecule has 0 saturated carbocycles. The third-order valence-electron chi connectivity index (χ3n) is 3.07. The lowest BCUT2D eigenvalue weighted by atomic mass is 10.0. The van der Waals surface area contributed by atoms with Crippen molar-refractivity contribution in [2.45, 2.75) is 39.8 Å². The van der Waals surface area contributed by atoms with Crippen LogP contribution in [0, 0.1) is 5.92 Å². The van der Waals surface area contributed by atoms with Crippen LogP contribution in [0.3, 0.4) is 0 Å². The fourth-order valence-electron chi connectivity index (χ4n) is 1.88. The van der Waals surface area contributed by atoms with Crippen molar-refractivity contribution >= 4 is 11.6 Å². The Labute approximate surface area is 123 Å². The molecule has 0 aliphatic heterocycles. The van der Waals surface area contributed by atoms with Crippen molar-refractivity contribution in [2.75, 3.05) is 18.9 Å². The predicted molar refractivity (Wildman–Crippen MR) is 88.3 cm³/mol. The molecule has 0 aromatic heterocycles. The molecule has 1 aromatic rings. The second-order valence-corrected chi connectivity index (χ2v) is 5.61. The summed E-state index contributed by atoms with van der Waals surface area (Å²) >= 11 is 0. The lowest BCUT2D eigenvalue weighted by Crippen LogP contribution is -2.46. The van der Waals surface area contributed by atoms with E-state index in [1.807, 2.05) is 18.2 Å². The molecule has 1 unspecified atom stereocenters. The Hall–Kier alpha value is -1.71. The van der Waals surface area contributed by atoms with Crippen LogP contribution in [-0.2, 0) is 0 Å². The molecule has 0 aliphatic rings. The van der Waals surface area contributed by atoms with E-state index in [2.05, 4.69) is 60.8 Å². The first-order valence-corrected chi connectivity index (χ1v) is 7.31. The standard InChI is InChI=1S/C16H28N4/c1-12(2)15(20-14-9-7-6-8-10-14)11-18-16(17-5)19-13(3)4/h6-10,12-13,15,20H,11H2,1-5H3,(H2,17,18,19). The van der Waals surface area contributed by atoms with Gasteiger partial charge in [0.05, 0.1) is 0 Å². The van der Waals surface area contributed by atoms with Crippen molar-refractivity contribution in [1.29, 1.82) is 0 Å². The van der Waals surface area contributed by atoms with E-state index in [-0.39, 0.29) is 0 Å². The van der Waals surface area contributed by atoms with E-state index in [9.17, 15) is 0 Å². The quantitative estimate of drug-likeness (QED) is 0.553. The molecule has 4 heteroatoms. The third-order valence-corrected chi connectivity index (χ3v) is 3.07. The summed E-state index contributed by atoms with van der Waals surface area (Å²) in [6.45, 7) is 9.49. The van der Waals surface area contributed by atoms with Crippen LogP contribution in [0.5, 0.6) is 0 Å². The Morgan fingerprint density at radius 1 is 1.10 bits per heavy atom. The molecule has 0 radical (unpaired) electrons. The number of nitrogens with zero attached hydrogens (tertiary/aromatic N) is 1. The zero-order valence-corrected chi connectivity index (χ0v) is 13.3. The lowest BCUT2D eigenvalue weighted by Gasteiger charge is -2.25. The van der Waals surface area contributed by atoms with Gasteiger partial charge in [0.2, 0.25) is 0 Å². The van der Waals surface area contributed by atoms with E-state index in [4.69, 9.17) is 0 Å². The molecule has 4 nitrogen and oxygen atoms in total. The number of nitrogens with one attached hydrogen (secondary N) is 3. The largest absolute Gasteiger partial charge is 0.380 e. The van der Waals surface area contributed by atoms with Gasteiger partial charge < -0.3 is 16.0 Å². The molecule has 20 heavy (non-hydrogen) atoms. The van der Waals surface area contributed by atoms with Gasteiger partial charge in [-0.25, -0.2) is 0 Å². The van der Waals surface area contributed by atoms with Crippen LogP contribution in [0.15, 0.2) is 35.3 Å². The molecule has 0 heterocycles. The van der Waals surface area contributed by atoms with E-state index in [1.54, 1.807) is 7.05 Å². The van der Waals surface area contributed by atoms with Crippen LogP contribution in [-0.4, -0.2) is 31.6 Å². The Kier molecular flexibility index (Phi) is 6.91. The molecular weight excluding hydrogens is 248 g/mol. The molecule has 0 amide bonds. The summed E-state index contributed by atoms with van der Waals surface area (Å²) < 4.78 is 0. The SMILES string of the molecule is CN=C(NCC(Nc1ccccc1)C(C)C)NC(C)C. The first-order chi connectivity index (χ1) is 9.52. The molecule has 0 saturated heterocycles. The minimum Gasteiger partial charge on any atom is -0.380 e. The number of rotatable bonds is 6. The maximum atomic E-state index is 4.23. The molecule has 3 N–H and O–H groups in total. The number of hydrogen-bond acceptors (Lipinski definition) is 2. The molecule has 112 valence electrons. The average Bonchev–Trinajstić information content (AvgIpc) is 2.42. The topological polar surface area (TPSA) is 48.5 Å². The van der Waals surface area contributed by atoms with Crippen LogP contribution in [0.1, 0.15) is 27.7 Å². The summed E-state index contributed by atoms with van der Waals surface area (Å²) in [5.41, 5.74) is 1.15. The van der Waals surface area contributed by atoms with Crippen molar-refractivity contribution in [3.8, 4) is 0 Å². The highest BCUT2D eigenvalue weighted by atomic mass is 15.2. The zero-order chi connectivity index (χ0) is 15.0. The second-order valence-electron chi connectivity index (χ2n) is 5.61. The molecule has 0 fully saturated rings. The molecule has 1 atom stereocenters. The molecule has 0 spiro atoms. The molecule has 1 rings (SSSR count). The Bertz CT molecular complexity index is 398. The van der Waals surface area contributed by atoms with Crippen LogP contribution in [0.2, 0.25) is 0 Å². The highest BCUT2D eigenvalue weighted by Crippen LogP contribution is 2.11. The van der Waals surface area contributed by atoms with Crippen molar-refractivity contribution in [3.05, 3.63) is 30.3 Å². The van der Waals surface area contributed by atoms with E-state index in [1.165, 1.54) is 0 Å². The number of guanidine groups is 1. The number of anilines is 1. The molecule has 0 aliphatic carbocycles. The highest BCUT2D eigenvalue weighted by molar-refractivity contribution is 5.79. The van der Waals surface area contributed by atoms with Crippen LogP contribution in [0.25, 0.3) is 0 Å². The van der Waals surface area contributed by atoms with E-state index >= 15 is 0 Å². The smallest absolute Gasteiger partial charge is 0.191 e. The summed E-state index contributed by atoms with van der Waals surface area (Å²) in [5.74, 6) is 1.38. The first-order valence-electron chi connectivity index (χ1n) is 7.31. The summed E-state index contributed by atoms with van der Waals surface area (Å²) in [4.78, 5) is 4.23. The lowest BCUT2D eigenvalue weighted by molar-refractivity contribution is 0.511. The van der Waals surface area contributed by atoms with Crippen molar-refractivity contribution in [1.82, 2.24) is 10.6 Å². The van der Waals surface area contributed by atoms with Gasteiger partial charge in [-0.05, 0) is 31.9 Å². The van der Waals surface area contributed by atoms with E-state index < -0.39 is 0 Å². The predicted octanol–water partition coefficient (Wildman–Crippen LogP) is 2.70. The third kappa shape index (κ3) is 5.95. The van der Waals surface area contributed by atoms with Crippen molar-refractivity contribution < 1.29 is 0 Å². The van der Waals surface area contributed by atoms with Gasteiger partial charge in [-0.15, -0.1) is 0 Å². The monoisotopic (exact) mass is 276 g/mol. The normalized spacial score (nSPS) is 13.4. The summed E-state index contributed by atoms with van der Waals surface area (Å²) in [5, 5.41) is 10.2. The Balaban J connectivity index is 2.55. The zero-order valence-electron chi connectivity index (χ0n) is 13.3. The number of aliphatic imine (C=N–C) groups is 1. The van der Waals surface area contributed by atoms with Gasteiger partial charge in [0.25, 0.3) is 0 Å². The maximum absolute atomic E-state index is 4.23. The van der Waals surface area contributed by atoms with Crippen LogP contribution >= 0.6 is 0 Å². The Morgan fingerprint density at radius 2 is 1.75 bits per heavy atom. The summed E-state index contributed by atoms with van der Waals surface area (Å²) in [6, 6.07) is 11.0. The minimum atomic E-state index is 0.350. The van der Waals surface area contributed by atoms with Crippen LogP contribution in [0.4, 0.5) is 5.69 Å². The van der Waals surface area contributed by atoms with Gasteiger partial charge in [0.1, 0.15) is 0 Å². The highest BCUT2D eigenvalue weighted by Gasteiger charge is 2.13. The molecule has 1 aromatic carbocycles. The number of para-hydroxylation sites is 1. The van der Waals surface area contributed by atoms with Gasteiger partial charge in [-0.1, -0.05) is 32.0 Å². The minimum absolute atomic E-state index is 0.350. The van der Waals surface area contributed by atoms with Crippen molar-refractivity contribution in [3.63, 3.8) is 0 Å². The van der Waals surface area contributed by atoms with Gasteiger partial charge in [0.15, 0.2) is 5.96 Å². The summed E-state index contributed by atoms with van der Waals surface area (Å²) in [6.07, 6.45) is 0. The Morgan fingerprint density at radius 3 is 2.25 bits per heavy atom. The fraction of sp³-hybridized carbons (Fsp3) is 0.562. The molecular formula is C16H28N4. The summed E-state index contributed by atoms with van der Waals surface area (Å²) in [7, 11) is 1.80. The fourth-order valence-corrected chi connectivity index (χ4v) is 1.88. The van der Waals surface area contributed by atoms with E-state index in [0.29, 0.717) is 18.0 Å². The van der Waals surface area contributed by atoms with Crippen LogP contribution < -0.4 is 16.0 Å². The second kappa shape index (κ2) is 8.46. The van der Waals surface area contributed by atoms with E-state index in [0.717, 1.165) is 18.2 Å². The number of benzene rings is 1. The van der Waals surface area contributed by atoms with Gasteiger partial charge in [-0.2, -0.15) is 0 Å². The van der Waals surface area contributed by atoms with Crippen molar-refractivity contribution in [2.24, 2.45) is 10.9 Å². The maximum Gasteiger partial charge on any atom is 0.191 e. The van der Waals surface area contributed by atoms with Gasteiger partial charge >= 0.3 is 0 Å². The molecule has 0 bridgehead atoms. The van der Waals surface area contributed by atoms with Gasteiger partial charge in [-0.3, -0.25) is 4.99 Å². The van der Waals surface area contributed by atoms with Gasteiger partial charge in [0, 0.05) is 31.4 Å². The average molecular weight is 276 g/mol.